The van der Waals surface area contributed by atoms with Gasteiger partial charge in [0.15, 0.2) is 5.78 Å². The third-order valence-corrected chi connectivity index (χ3v) is 18.6. The molecule has 0 radical (unpaired) electrons. The Labute approximate surface area is 589 Å². The molecule has 98 heavy (non-hydrogen) atoms. The van der Waals surface area contributed by atoms with Gasteiger partial charge in [-0.15, -0.1) is 0 Å². The first-order valence-corrected chi connectivity index (χ1v) is 33.7. The van der Waals surface area contributed by atoms with E-state index in [2.05, 4.69) is 31.9 Å². The molecule has 9 rings (SSSR count). The summed E-state index contributed by atoms with van der Waals surface area (Å²) >= 11 is 24.0. The number of ketones is 1. The van der Waals surface area contributed by atoms with Gasteiger partial charge in [0.2, 0.25) is 11.8 Å². The second-order valence-corrected chi connectivity index (χ2v) is 26.3. The van der Waals surface area contributed by atoms with Crippen LogP contribution in [0, 0.1) is 17.8 Å². The Hall–Kier alpha value is -7.66. The Morgan fingerprint density at radius 2 is 0.765 bits per heavy atom. The SMILES string of the molecule is O=C(CNC(=O)c1cccc(C(F)(F)F)c1)C[C@H]1CCCC[C@@H]1NC(=O)c1ccc(Cl)cc1.O=C(CNC(=O)c1cccc(C(F)(F)F)c1)N[C@H]1CCCC[C@@H]1CCc1ccc(Cl)cc1.O=C(CNC(=O)c1cccc(C(F)(F)F)c1)N[C@H]1CCCC[C@@H]1CCc1ccc(Cl)cc1Cl.[HH].[HH].[HH].[HH].[HH]. The average molecular weight is 1460 g/mol. The minimum Gasteiger partial charge on any atom is -0.352 e. The molecule has 0 aliphatic heterocycles. The van der Waals surface area contributed by atoms with Gasteiger partial charge in [0.05, 0.1) is 36.3 Å². The van der Waals surface area contributed by atoms with E-state index in [9.17, 15) is 73.1 Å². The number of aryl methyl sites for hydroxylation is 2. The smallest absolute Gasteiger partial charge is 0.352 e. The number of alkyl halides is 9. The maximum Gasteiger partial charge on any atom is 0.416 e. The molecule has 6 aromatic carbocycles. The molecule has 0 heterocycles. The number of amides is 6. The van der Waals surface area contributed by atoms with Crippen LogP contribution in [0.4, 0.5) is 39.5 Å². The Morgan fingerprint density at radius 1 is 0.388 bits per heavy atom. The molecule has 6 amide bonds. The van der Waals surface area contributed by atoms with Gasteiger partial charge in [0.1, 0.15) is 0 Å². The van der Waals surface area contributed by atoms with Crippen LogP contribution in [0.3, 0.4) is 0 Å². The highest BCUT2D eigenvalue weighted by atomic mass is 35.5. The van der Waals surface area contributed by atoms with E-state index in [1.165, 1.54) is 29.8 Å². The fourth-order valence-electron chi connectivity index (χ4n) is 12.2. The Balaban J connectivity index is 0.000000513. The van der Waals surface area contributed by atoms with E-state index in [4.69, 9.17) is 46.4 Å². The van der Waals surface area contributed by atoms with E-state index in [0.29, 0.717) is 31.6 Å². The molecule has 0 unspecified atom stereocenters. The van der Waals surface area contributed by atoms with Crippen LogP contribution in [0.5, 0.6) is 0 Å². The number of Topliss-reactive ketones (excluding diaryl/α,β-unsaturated/α-hetero) is 1. The molecule has 13 nitrogen and oxygen atoms in total. The molecule has 26 heteroatoms. The van der Waals surface area contributed by atoms with Gasteiger partial charge >= 0.3 is 18.5 Å². The van der Waals surface area contributed by atoms with Crippen molar-refractivity contribution in [2.75, 3.05) is 19.6 Å². The predicted octanol–water partition coefficient (Wildman–Crippen LogP) is 17.7. The molecule has 536 valence electrons. The third-order valence-electron chi connectivity index (χ3n) is 17.5. The van der Waals surface area contributed by atoms with Gasteiger partial charge < -0.3 is 31.9 Å². The summed E-state index contributed by atoms with van der Waals surface area (Å²) in [5, 5.41) is 18.6. The molecule has 3 aliphatic rings. The molecule has 0 bridgehead atoms. The summed E-state index contributed by atoms with van der Waals surface area (Å²) in [7, 11) is 0. The molecule has 6 atom stereocenters. The maximum atomic E-state index is 12.8. The summed E-state index contributed by atoms with van der Waals surface area (Å²) in [6.45, 7) is -0.875. The summed E-state index contributed by atoms with van der Waals surface area (Å²) in [6.07, 6.45) is 1.28. The van der Waals surface area contributed by atoms with Crippen molar-refractivity contribution in [1.29, 1.82) is 0 Å². The number of hydrogen-bond acceptors (Lipinski definition) is 7. The van der Waals surface area contributed by atoms with Crippen LogP contribution in [-0.2, 0) is 45.8 Å². The fourth-order valence-corrected chi connectivity index (χ4v) is 13.0. The number of hydrogen-bond donors (Lipinski definition) is 6. The van der Waals surface area contributed by atoms with Gasteiger partial charge in [-0.2, -0.15) is 39.5 Å². The Kier molecular flexibility index (Phi) is 29.3. The van der Waals surface area contributed by atoms with Gasteiger partial charge in [-0.3, -0.25) is 33.6 Å². The summed E-state index contributed by atoms with van der Waals surface area (Å²) in [4.78, 5) is 86.5. The van der Waals surface area contributed by atoms with Crippen molar-refractivity contribution in [3.63, 3.8) is 0 Å². The van der Waals surface area contributed by atoms with Crippen molar-refractivity contribution in [1.82, 2.24) is 31.9 Å². The van der Waals surface area contributed by atoms with E-state index in [1.807, 2.05) is 30.3 Å². The van der Waals surface area contributed by atoms with E-state index >= 15 is 0 Å². The fraction of sp³-hybridized carbons (Fsp3) is 0.403. The lowest BCUT2D eigenvalue weighted by molar-refractivity contribution is -0.138. The second kappa shape index (κ2) is 37.0. The van der Waals surface area contributed by atoms with Crippen molar-refractivity contribution in [3.05, 3.63) is 210 Å². The molecule has 0 aromatic heterocycles. The lowest BCUT2D eigenvalue weighted by Crippen LogP contribution is -2.46. The number of halogens is 13. The number of carbonyl (C=O) groups is 7. The van der Waals surface area contributed by atoms with Crippen molar-refractivity contribution < 1.29 is 80.2 Å². The molecule has 0 saturated heterocycles. The lowest BCUT2D eigenvalue weighted by Gasteiger charge is -2.32. The maximum absolute atomic E-state index is 12.8. The molecule has 6 aromatic rings. The Morgan fingerprint density at radius 3 is 1.19 bits per heavy atom. The summed E-state index contributed by atoms with van der Waals surface area (Å²) in [5.74, 6) is -2.84. The Bertz CT molecular complexity index is 3720. The van der Waals surface area contributed by atoms with E-state index < -0.39 is 52.9 Å². The highest BCUT2D eigenvalue weighted by molar-refractivity contribution is 6.35. The second-order valence-electron chi connectivity index (χ2n) is 24.5. The number of rotatable bonds is 21. The molecule has 3 fully saturated rings. The number of benzene rings is 6. The van der Waals surface area contributed by atoms with Gasteiger partial charge in [0, 0.05) is 74.0 Å². The first-order chi connectivity index (χ1) is 46.5. The highest BCUT2D eigenvalue weighted by Crippen LogP contribution is 2.35. The molecule has 6 N–H and O–H groups in total. The van der Waals surface area contributed by atoms with E-state index in [-0.39, 0.29) is 103 Å². The van der Waals surface area contributed by atoms with Gasteiger partial charge in [0.25, 0.3) is 23.6 Å². The normalized spacial score (nSPS) is 18.6. The molecule has 3 aliphatic carbocycles. The van der Waals surface area contributed by atoms with E-state index in [1.54, 1.807) is 36.4 Å². The van der Waals surface area contributed by atoms with Crippen LogP contribution in [0.25, 0.3) is 0 Å². The van der Waals surface area contributed by atoms with Gasteiger partial charge in [-0.1, -0.05) is 121 Å². The van der Waals surface area contributed by atoms with Crippen LogP contribution < -0.4 is 31.9 Å². The lowest BCUT2D eigenvalue weighted by atomic mass is 9.81. The first kappa shape index (κ1) is 77.7. The zero-order chi connectivity index (χ0) is 71.2. The quantitative estimate of drug-likeness (QED) is 0.0386. The molecular formula is C72H85Cl4F9N6O7. The zero-order valence-corrected chi connectivity index (χ0v) is 56.2. The summed E-state index contributed by atoms with van der Waals surface area (Å²) < 4.78 is 116. The first-order valence-electron chi connectivity index (χ1n) is 32.2. The van der Waals surface area contributed by atoms with Crippen molar-refractivity contribution in [2.24, 2.45) is 17.8 Å². The van der Waals surface area contributed by atoms with Crippen molar-refractivity contribution in [2.45, 2.75) is 146 Å². The van der Waals surface area contributed by atoms with Crippen LogP contribution in [0.15, 0.2) is 140 Å². The minimum atomic E-state index is -4.56. The molecule has 3 saturated carbocycles. The highest BCUT2D eigenvalue weighted by Gasteiger charge is 2.35. The monoisotopic (exact) mass is 1460 g/mol. The zero-order valence-electron chi connectivity index (χ0n) is 53.2. The van der Waals surface area contributed by atoms with Gasteiger partial charge in [-0.05, 0) is 196 Å². The van der Waals surface area contributed by atoms with Crippen molar-refractivity contribution >= 4 is 87.6 Å². The summed E-state index contributed by atoms with van der Waals surface area (Å²) in [5.41, 5.74) is -0.511. The largest absolute Gasteiger partial charge is 0.416 e. The predicted molar refractivity (Wildman–Crippen MR) is 369 cm³/mol. The van der Waals surface area contributed by atoms with Crippen LogP contribution >= 0.6 is 46.4 Å². The van der Waals surface area contributed by atoms with Crippen LogP contribution in [-0.4, -0.2) is 79.0 Å². The standard InChI is InChI=1S/C24H25Cl2F3N2O2.C24H24ClF3N2O3.C24H26ClF3N2O2.5H2/c25-19-11-10-15(20(26)13-19)8-9-16-4-1-2-7-21(16)31-22(32)14-30-23(33)17-5-3-6-18(12-17)24(27,28)29;25-19-10-8-15(9-11-19)23(33)30-21-7-2-1-4-16(21)13-20(31)14-29-22(32)17-5-3-6-18(12-17)24(26,27)28;25-20-12-9-16(10-13-20)8-11-17-4-1-2-7-21(17)30-22(31)15-29-23(32)18-5-3-6-19(14-18)24(26,27)28;;;;;/h3,5-6,10-13,16,21H,1-2,4,7-9,14H2,(H,30,33)(H,31,32);3,5-6,8-12,16,21H,1-2,4,7,13-14H2,(H,29,32)(H,30,33);3,5-6,9-10,12-14,17,21H,1-2,4,7-8,11,15H2,(H,29,32)(H,30,31);5*1H/t2*16-,21+;17-,21+;;;;;/m111...../s1. The van der Waals surface area contributed by atoms with Gasteiger partial charge in [-0.25, -0.2) is 0 Å². The van der Waals surface area contributed by atoms with Crippen LogP contribution in [0.1, 0.15) is 173 Å². The minimum absolute atomic E-state index is 0. The van der Waals surface area contributed by atoms with Crippen molar-refractivity contribution in [3.8, 4) is 0 Å². The molecular weight excluding hydrogens is 1370 g/mol. The topological polar surface area (TPSA) is 192 Å². The number of carbonyl (C=O) groups excluding carboxylic acids is 7. The number of nitrogens with one attached hydrogen (secondary N) is 6. The van der Waals surface area contributed by atoms with E-state index in [0.717, 1.165) is 157 Å². The third kappa shape index (κ3) is 25.3. The van der Waals surface area contributed by atoms with Crippen LogP contribution in [0.2, 0.25) is 20.1 Å². The summed E-state index contributed by atoms with van der Waals surface area (Å²) in [6, 6.07) is 31.8. The average Bonchev–Trinajstić information content (AvgIpc) is 0.854. The molecule has 0 spiro atoms.